The molecule has 0 saturated heterocycles. The molecule has 98 valence electrons. The van der Waals surface area contributed by atoms with Crippen molar-refractivity contribution in [3.63, 3.8) is 0 Å². The summed E-state index contributed by atoms with van der Waals surface area (Å²) in [5.41, 5.74) is -0.747. The highest BCUT2D eigenvalue weighted by atomic mass is 16.5. The van der Waals surface area contributed by atoms with Crippen LogP contribution in [-0.2, 0) is 9.53 Å². The average molecular weight is 239 g/mol. The van der Waals surface area contributed by atoms with Crippen molar-refractivity contribution in [2.45, 2.75) is 54.9 Å². The monoisotopic (exact) mass is 239 g/mol. The van der Waals surface area contributed by atoms with E-state index in [1.807, 2.05) is 33.8 Å². The SMILES string of the molecule is CC(C)(C)CC(C)(C(=O)OCC#N)C(C)(C)C. The van der Waals surface area contributed by atoms with Crippen LogP contribution in [0.2, 0.25) is 0 Å². The number of hydrogen-bond donors (Lipinski definition) is 0. The van der Waals surface area contributed by atoms with Crippen molar-refractivity contribution in [3.05, 3.63) is 0 Å². The number of carbonyl (C=O) groups excluding carboxylic acids is 1. The molecule has 0 aromatic heterocycles. The summed E-state index contributed by atoms with van der Waals surface area (Å²) in [6.45, 7) is 14.2. The van der Waals surface area contributed by atoms with Crippen LogP contribution >= 0.6 is 0 Å². The van der Waals surface area contributed by atoms with E-state index < -0.39 is 5.41 Å². The summed E-state index contributed by atoms with van der Waals surface area (Å²) in [5, 5.41) is 8.49. The molecule has 0 amide bonds. The van der Waals surface area contributed by atoms with Gasteiger partial charge in [0.25, 0.3) is 0 Å². The van der Waals surface area contributed by atoms with E-state index in [1.165, 1.54) is 0 Å². The Bertz CT molecular complexity index is 315. The number of carbonyl (C=O) groups is 1. The Kier molecular flexibility index (Phi) is 4.77. The van der Waals surface area contributed by atoms with Crippen LogP contribution < -0.4 is 0 Å². The molecule has 0 aliphatic rings. The van der Waals surface area contributed by atoms with Crippen LogP contribution in [-0.4, -0.2) is 12.6 Å². The molecule has 0 fully saturated rings. The van der Waals surface area contributed by atoms with Gasteiger partial charge in [-0.2, -0.15) is 5.26 Å². The summed E-state index contributed by atoms with van der Waals surface area (Å²) < 4.78 is 5.03. The molecule has 1 unspecified atom stereocenters. The van der Waals surface area contributed by atoms with Gasteiger partial charge in [0.1, 0.15) is 6.07 Å². The number of esters is 1. The van der Waals surface area contributed by atoms with Crippen LogP contribution in [0, 0.1) is 27.6 Å². The molecule has 3 nitrogen and oxygen atoms in total. The predicted molar refractivity (Wildman–Crippen MR) is 68.2 cm³/mol. The van der Waals surface area contributed by atoms with Gasteiger partial charge in [-0.25, -0.2) is 0 Å². The first-order valence-electron chi connectivity index (χ1n) is 5.98. The third-order valence-electron chi connectivity index (χ3n) is 3.26. The second-order valence-corrected chi connectivity index (χ2v) is 7.05. The first-order chi connectivity index (χ1) is 7.44. The lowest BCUT2D eigenvalue weighted by Gasteiger charge is -2.43. The first-order valence-corrected chi connectivity index (χ1v) is 5.98. The van der Waals surface area contributed by atoms with Gasteiger partial charge >= 0.3 is 5.97 Å². The fourth-order valence-electron chi connectivity index (χ4n) is 1.96. The molecular weight excluding hydrogens is 214 g/mol. The summed E-state index contributed by atoms with van der Waals surface area (Å²) in [7, 11) is 0. The van der Waals surface area contributed by atoms with Crippen molar-refractivity contribution < 1.29 is 9.53 Å². The molecule has 0 radical (unpaired) electrons. The Morgan fingerprint density at radius 3 is 1.88 bits per heavy atom. The van der Waals surface area contributed by atoms with E-state index in [2.05, 4.69) is 20.8 Å². The second kappa shape index (κ2) is 5.08. The highest BCUT2D eigenvalue weighted by Gasteiger charge is 2.47. The number of nitriles is 1. The van der Waals surface area contributed by atoms with E-state index in [0.29, 0.717) is 0 Å². The Balaban J connectivity index is 5.14. The van der Waals surface area contributed by atoms with E-state index in [9.17, 15) is 4.79 Å². The third kappa shape index (κ3) is 4.38. The van der Waals surface area contributed by atoms with E-state index in [-0.39, 0.29) is 23.4 Å². The number of ether oxygens (including phenoxy) is 1. The molecule has 0 saturated carbocycles. The van der Waals surface area contributed by atoms with Gasteiger partial charge < -0.3 is 4.74 Å². The maximum atomic E-state index is 12.2. The van der Waals surface area contributed by atoms with Crippen molar-refractivity contribution in [1.82, 2.24) is 0 Å². The van der Waals surface area contributed by atoms with Gasteiger partial charge in [0.05, 0.1) is 5.41 Å². The number of nitrogens with zero attached hydrogens (tertiary/aromatic N) is 1. The molecule has 1 atom stereocenters. The maximum absolute atomic E-state index is 12.2. The smallest absolute Gasteiger partial charge is 0.313 e. The van der Waals surface area contributed by atoms with Crippen LogP contribution in [0.25, 0.3) is 0 Å². The minimum atomic E-state index is -0.581. The predicted octanol–water partition coefficient (Wildman–Crippen LogP) is 3.54. The highest BCUT2D eigenvalue weighted by Crippen LogP contribution is 2.47. The fourth-order valence-corrected chi connectivity index (χ4v) is 1.96. The molecule has 0 heterocycles. The zero-order chi connectivity index (χ0) is 13.9. The van der Waals surface area contributed by atoms with E-state index in [0.717, 1.165) is 6.42 Å². The van der Waals surface area contributed by atoms with Gasteiger partial charge in [-0.05, 0) is 24.2 Å². The van der Waals surface area contributed by atoms with Crippen molar-refractivity contribution in [3.8, 4) is 6.07 Å². The lowest BCUT2D eigenvalue weighted by molar-refractivity contribution is -0.163. The Morgan fingerprint density at radius 1 is 1.12 bits per heavy atom. The zero-order valence-corrected chi connectivity index (χ0v) is 12.2. The molecule has 0 N–H and O–H groups in total. The summed E-state index contributed by atoms with van der Waals surface area (Å²) in [6, 6.07) is 1.84. The zero-order valence-electron chi connectivity index (χ0n) is 12.2. The lowest BCUT2D eigenvalue weighted by Crippen LogP contribution is -2.44. The molecular formula is C14H25NO2. The molecule has 0 aromatic rings. The summed E-state index contributed by atoms with van der Waals surface area (Å²) in [4.78, 5) is 12.2. The second-order valence-electron chi connectivity index (χ2n) is 7.05. The van der Waals surface area contributed by atoms with Gasteiger partial charge in [0, 0.05) is 0 Å². The topological polar surface area (TPSA) is 50.1 Å². The molecule has 0 aliphatic carbocycles. The van der Waals surface area contributed by atoms with Gasteiger partial charge in [-0.1, -0.05) is 41.5 Å². The standard InChI is InChI=1S/C14H25NO2/c1-12(2,3)10-14(7,13(4,5)6)11(16)17-9-8-15/h9-10H2,1-7H3. The van der Waals surface area contributed by atoms with Crippen molar-refractivity contribution in [2.24, 2.45) is 16.2 Å². The van der Waals surface area contributed by atoms with Crippen LogP contribution in [0.15, 0.2) is 0 Å². The molecule has 0 bridgehead atoms. The quantitative estimate of drug-likeness (QED) is 0.708. The van der Waals surface area contributed by atoms with Crippen LogP contribution in [0.3, 0.4) is 0 Å². The van der Waals surface area contributed by atoms with Crippen LogP contribution in [0.5, 0.6) is 0 Å². The maximum Gasteiger partial charge on any atom is 0.313 e. The van der Waals surface area contributed by atoms with Crippen molar-refractivity contribution in [2.75, 3.05) is 6.61 Å². The summed E-state index contributed by atoms with van der Waals surface area (Å²) >= 11 is 0. The third-order valence-corrected chi connectivity index (χ3v) is 3.26. The van der Waals surface area contributed by atoms with Gasteiger partial charge in [0.15, 0.2) is 6.61 Å². The Labute approximate surface area is 105 Å². The summed E-state index contributed by atoms with van der Waals surface area (Å²) in [6.07, 6.45) is 0.730. The molecule has 0 aromatic carbocycles. The molecule has 0 rings (SSSR count). The molecule has 0 aliphatic heterocycles. The molecule has 3 heteroatoms. The summed E-state index contributed by atoms with van der Waals surface area (Å²) in [5.74, 6) is -0.276. The Morgan fingerprint density at radius 2 is 1.59 bits per heavy atom. The number of hydrogen-bond acceptors (Lipinski definition) is 3. The molecule has 0 spiro atoms. The number of rotatable bonds is 3. The molecule has 17 heavy (non-hydrogen) atoms. The normalized spacial score (nSPS) is 15.9. The first kappa shape index (κ1) is 16.0. The van der Waals surface area contributed by atoms with Gasteiger partial charge in [0.2, 0.25) is 0 Å². The largest absolute Gasteiger partial charge is 0.450 e. The van der Waals surface area contributed by atoms with E-state index in [4.69, 9.17) is 10.00 Å². The lowest BCUT2D eigenvalue weighted by atomic mass is 9.61. The average Bonchev–Trinajstić information content (AvgIpc) is 2.09. The highest BCUT2D eigenvalue weighted by molar-refractivity contribution is 5.77. The van der Waals surface area contributed by atoms with Crippen molar-refractivity contribution >= 4 is 5.97 Å². The minimum Gasteiger partial charge on any atom is -0.450 e. The van der Waals surface area contributed by atoms with Gasteiger partial charge in [-0.15, -0.1) is 0 Å². The fraction of sp³-hybridized carbons (Fsp3) is 0.857. The van der Waals surface area contributed by atoms with Gasteiger partial charge in [-0.3, -0.25) is 4.79 Å². The Hall–Kier alpha value is -1.04. The minimum absolute atomic E-state index is 0.0354. The van der Waals surface area contributed by atoms with Crippen LogP contribution in [0.4, 0.5) is 0 Å². The van der Waals surface area contributed by atoms with Crippen LogP contribution in [0.1, 0.15) is 54.9 Å². The van der Waals surface area contributed by atoms with E-state index in [1.54, 1.807) is 0 Å². The van der Waals surface area contributed by atoms with Crippen molar-refractivity contribution in [1.29, 1.82) is 5.26 Å². The van der Waals surface area contributed by atoms with E-state index >= 15 is 0 Å².